The van der Waals surface area contributed by atoms with E-state index in [1.807, 2.05) is 6.92 Å². The average Bonchev–Trinajstić information content (AvgIpc) is 2.67. The summed E-state index contributed by atoms with van der Waals surface area (Å²) in [5.74, 6) is -0.600. The molecular formula is C13H16FNO. The Balaban J connectivity index is 2.23. The number of hydrogen-bond donors (Lipinski definition) is 1. The first kappa shape index (κ1) is 11.3. The van der Waals surface area contributed by atoms with Crippen LogP contribution in [0.2, 0.25) is 0 Å². The van der Waals surface area contributed by atoms with Crippen molar-refractivity contribution in [2.45, 2.75) is 32.2 Å². The van der Waals surface area contributed by atoms with Crippen molar-refractivity contribution in [3.8, 4) is 0 Å². The van der Waals surface area contributed by atoms with Crippen molar-refractivity contribution in [2.24, 2.45) is 11.7 Å². The van der Waals surface area contributed by atoms with E-state index in [4.69, 9.17) is 5.73 Å². The van der Waals surface area contributed by atoms with E-state index in [2.05, 4.69) is 0 Å². The van der Waals surface area contributed by atoms with Gasteiger partial charge in [0.2, 0.25) is 0 Å². The predicted molar refractivity (Wildman–Crippen MR) is 60.8 cm³/mol. The lowest BCUT2D eigenvalue weighted by Gasteiger charge is -2.09. The zero-order chi connectivity index (χ0) is 11.7. The second-order valence-corrected chi connectivity index (χ2v) is 4.62. The van der Waals surface area contributed by atoms with Crippen molar-refractivity contribution in [3.05, 3.63) is 35.1 Å². The standard InChI is InChI=1S/C13H16FNO/c1-8-2-5-12(14)11(6-8)13(16)9-3-4-10(15)7-9/h2,5-6,9-10H,3-4,7,15H2,1H3. The Bertz CT molecular complexity index is 416. The Morgan fingerprint density at radius 3 is 2.81 bits per heavy atom. The van der Waals surface area contributed by atoms with E-state index in [-0.39, 0.29) is 23.3 Å². The summed E-state index contributed by atoms with van der Waals surface area (Å²) in [6, 6.07) is 4.76. The van der Waals surface area contributed by atoms with Gasteiger partial charge in [0, 0.05) is 12.0 Å². The van der Waals surface area contributed by atoms with E-state index in [0.717, 1.165) is 18.4 Å². The zero-order valence-electron chi connectivity index (χ0n) is 9.37. The van der Waals surface area contributed by atoms with Crippen LogP contribution in [0.15, 0.2) is 18.2 Å². The van der Waals surface area contributed by atoms with Crippen molar-refractivity contribution in [3.63, 3.8) is 0 Å². The van der Waals surface area contributed by atoms with Gasteiger partial charge < -0.3 is 5.73 Å². The summed E-state index contributed by atoms with van der Waals surface area (Å²) < 4.78 is 13.5. The van der Waals surface area contributed by atoms with Crippen molar-refractivity contribution < 1.29 is 9.18 Å². The van der Waals surface area contributed by atoms with Gasteiger partial charge in [0.15, 0.2) is 5.78 Å². The first-order valence-electron chi connectivity index (χ1n) is 5.64. The maximum atomic E-state index is 13.5. The molecule has 0 spiro atoms. The first-order valence-corrected chi connectivity index (χ1v) is 5.64. The number of Topliss-reactive ketones (excluding diaryl/α,β-unsaturated/α-hetero) is 1. The third-order valence-corrected chi connectivity index (χ3v) is 3.23. The topological polar surface area (TPSA) is 43.1 Å². The van der Waals surface area contributed by atoms with Crippen molar-refractivity contribution in [1.29, 1.82) is 0 Å². The molecule has 3 heteroatoms. The highest BCUT2D eigenvalue weighted by atomic mass is 19.1. The molecule has 0 amide bonds. The smallest absolute Gasteiger partial charge is 0.168 e. The molecule has 2 rings (SSSR count). The maximum Gasteiger partial charge on any atom is 0.168 e. The molecule has 0 bridgehead atoms. The molecule has 2 N–H and O–H groups in total. The van der Waals surface area contributed by atoms with E-state index in [0.29, 0.717) is 6.42 Å². The number of aryl methyl sites for hydroxylation is 1. The van der Waals surface area contributed by atoms with E-state index in [9.17, 15) is 9.18 Å². The van der Waals surface area contributed by atoms with Crippen LogP contribution in [0.4, 0.5) is 4.39 Å². The van der Waals surface area contributed by atoms with Crippen LogP contribution in [0, 0.1) is 18.7 Å². The predicted octanol–water partition coefficient (Wildman–Crippen LogP) is 2.44. The number of carbonyl (C=O) groups is 1. The van der Waals surface area contributed by atoms with Gasteiger partial charge in [0.25, 0.3) is 0 Å². The first-order chi connectivity index (χ1) is 7.58. The molecule has 1 aromatic carbocycles. The molecule has 2 atom stereocenters. The second kappa shape index (κ2) is 4.34. The fourth-order valence-corrected chi connectivity index (χ4v) is 2.30. The lowest BCUT2D eigenvalue weighted by Crippen LogP contribution is -2.18. The fourth-order valence-electron chi connectivity index (χ4n) is 2.30. The van der Waals surface area contributed by atoms with Crippen LogP contribution in [0.3, 0.4) is 0 Å². The molecule has 2 nitrogen and oxygen atoms in total. The SMILES string of the molecule is Cc1ccc(F)c(C(=O)C2CCC(N)C2)c1. The highest BCUT2D eigenvalue weighted by Gasteiger charge is 2.29. The van der Waals surface area contributed by atoms with E-state index >= 15 is 0 Å². The molecular weight excluding hydrogens is 205 g/mol. The molecule has 1 fully saturated rings. The van der Waals surface area contributed by atoms with Crippen LogP contribution in [-0.4, -0.2) is 11.8 Å². The van der Waals surface area contributed by atoms with Gasteiger partial charge >= 0.3 is 0 Å². The average molecular weight is 221 g/mol. The molecule has 1 aliphatic carbocycles. The summed E-state index contributed by atoms with van der Waals surface area (Å²) in [5, 5.41) is 0. The number of nitrogens with two attached hydrogens (primary N) is 1. The van der Waals surface area contributed by atoms with Gasteiger partial charge in [-0.2, -0.15) is 0 Å². The zero-order valence-corrected chi connectivity index (χ0v) is 9.37. The summed E-state index contributed by atoms with van der Waals surface area (Å²) >= 11 is 0. The van der Waals surface area contributed by atoms with Crippen LogP contribution >= 0.6 is 0 Å². The molecule has 2 unspecified atom stereocenters. The van der Waals surface area contributed by atoms with E-state index in [1.165, 1.54) is 6.07 Å². The fraction of sp³-hybridized carbons (Fsp3) is 0.462. The van der Waals surface area contributed by atoms with Crippen LogP contribution in [0.25, 0.3) is 0 Å². The molecule has 16 heavy (non-hydrogen) atoms. The van der Waals surface area contributed by atoms with Gasteiger partial charge in [-0.15, -0.1) is 0 Å². The molecule has 1 aromatic rings. The van der Waals surface area contributed by atoms with Crippen molar-refractivity contribution in [1.82, 2.24) is 0 Å². The molecule has 1 aliphatic rings. The summed E-state index contributed by atoms with van der Waals surface area (Å²) in [6.45, 7) is 1.86. The Kier molecular flexibility index (Phi) is 3.06. The molecule has 0 heterocycles. The third kappa shape index (κ3) is 2.14. The number of halogens is 1. The minimum atomic E-state index is -0.420. The van der Waals surface area contributed by atoms with Crippen molar-refractivity contribution >= 4 is 5.78 Å². The molecule has 0 aliphatic heterocycles. The Morgan fingerprint density at radius 2 is 2.19 bits per heavy atom. The van der Waals surface area contributed by atoms with Crippen LogP contribution in [0.5, 0.6) is 0 Å². The second-order valence-electron chi connectivity index (χ2n) is 4.62. The monoisotopic (exact) mass is 221 g/mol. The molecule has 1 saturated carbocycles. The lowest BCUT2D eigenvalue weighted by molar-refractivity contribution is 0.0917. The van der Waals surface area contributed by atoms with Crippen LogP contribution in [0.1, 0.15) is 35.2 Å². The summed E-state index contributed by atoms with van der Waals surface area (Å²) in [5.41, 5.74) is 6.89. The molecule has 0 radical (unpaired) electrons. The van der Waals surface area contributed by atoms with Crippen LogP contribution in [-0.2, 0) is 0 Å². The van der Waals surface area contributed by atoms with Gasteiger partial charge in [0.1, 0.15) is 5.82 Å². The summed E-state index contributed by atoms with van der Waals surface area (Å²) in [6.07, 6.45) is 2.34. The maximum absolute atomic E-state index is 13.5. The number of benzene rings is 1. The minimum absolute atomic E-state index is 0.0887. The highest BCUT2D eigenvalue weighted by molar-refractivity contribution is 5.98. The number of hydrogen-bond acceptors (Lipinski definition) is 2. The van der Waals surface area contributed by atoms with Gasteiger partial charge in [-0.05, 0) is 38.3 Å². The Morgan fingerprint density at radius 1 is 1.44 bits per heavy atom. The van der Waals surface area contributed by atoms with Gasteiger partial charge in [-0.3, -0.25) is 4.79 Å². The van der Waals surface area contributed by atoms with Gasteiger partial charge in [0.05, 0.1) is 5.56 Å². The van der Waals surface area contributed by atoms with E-state index < -0.39 is 5.82 Å². The van der Waals surface area contributed by atoms with Crippen molar-refractivity contribution in [2.75, 3.05) is 0 Å². The Labute approximate surface area is 94.6 Å². The molecule has 86 valence electrons. The molecule has 0 aromatic heterocycles. The molecule has 0 saturated heterocycles. The largest absolute Gasteiger partial charge is 0.328 e. The minimum Gasteiger partial charge on any atom is -0.328 e. The lowest BCUT2D eigenvalue weighted by atomic mass is 9.95. The van der Waals surface area contributed by atoms with Gasteiger partial charge in [-0.25, -0.2) is 4.39 Å². The van der Waals surface area contributed by atoms with Gasteiger partial charge in [-0.1, -0.05) is 11.6 Å². The van der Waals surface area contributed by atoms with Crippen LogP contribution < -0.4 is 5.73 Å². The normalized spacial score (nSPS) is 24.7. The number of ketones is 1. The number of rotatable bonds is 2. The summed E-state index contributed by atoms with van der Waals surface area (Å²) in [7, 11) is 0. The summed E-state index contributed by atoms with van der Waals surface area (Å²) in [4.78, 5) is 12.1. The quantitative estimate of drug-likeness (QED) is 0.779. The number of carbonyl (C=O) groups excluding carboxylic acids is 1. The third-order valence-electron chi connectivity index (χ3n) is 3.23. The highest BCUT2D eigenvalue weighted by Crippen LogP contribution is 2.28. The van der Waals surface area contributed by atoms with E-state index in [1.54, 1.807) is 12.1 Å². The Hall–Kier alpha value is -1.22.